The van der Waals surface area contributed by atoms with Gasteiger partial charge in [0.15, 0.2) is 0 Å². The van der Waals surface area contributed by atoms with Gasteiger partial charge in [-0.1, -0.05) is 24.3 Å². The lowest BCUT2D eigenvalue weighted by Gasteiger charge is -2.12. The van der Waals surface area contributed by atoms with Gasteiger partial charge in [-0.3, -0.25) is 0 Å². The van der Waals surface area contributed by atoms with Crippen LogP contribution in [0.15, 0.2) is 83.5 Å². The van der Waals surface area contributed by atoms with Crippen molar-refractivity contribution < 1.29 is 17.9 Å². The van der Waals surface area contributed by atoms with E-state index in [0.29, 0.717) is 22.0 Å². The van der Waals surface area contributed by atoms with Gasteiger partial charge in [0.25, 0.3) is 0 Å². The Morgan fingerprint density at radius 2 is 1.61 bits per heavy atom. The highest BCUT2D eigenvalue weighted by Crippen LogP contribution is 2.38. The Morgan fingerprint density at radius 3 is 2.29 bits per heavy atom. The van der Waals surface area contributed by atoms with Crippen molar-refractivity contribution in [3.8, 4) is 17.0 Å². The number of benzene rings is 3. The Morgan fingerprint density at radius 1 is 0.903 bits per heavy atom. The third-order valence-electron chi connectivity index (χ3n) is 5.32. The van der Waals surface area contributed by atoms with Crippen LogP contribution in [0.25, 0.3) is 33.7 Å². The molecule has 0 saturated carbocycles. The maximum Gasteiger partial charge on any atom is 0.420 e. The third kappa shape index (κ3) is 3.50. The summed E-state index contributed by atoms with van der Waals surface area (Å²) < 4.78 is 47.4. The fraction of sp³-hybridized carbons (Fsp3) is 0.0800. The maximum absolute atomic E-state index is 14.1. The molecule has 1 aromatic heterocycles. The smallest absolute Gasteiger partial charge is 0.420 e. The Hall–Kier alpha value is -3.80. The molecule has 5 rings (SSSR count). The number of nitrogens with one attached hydrogen (secondary N) is 1. The van der Waals surface area contributed by atoms with Crippen LogP contribution < -0.4 is 15.3 Å². The van der Waals surface area contributed by atoms with Crippen LogP contribution in [0.2, 0.25) is 0 Å². The van der Waals surface area contributed by atoms with E-state index in [4.69, 9.17) is 4.74 Å². The van der Waals surface area contributed by atoms with Gasteiger partial charge in [0.05, 0.1) is 23.9 Å². The summed E-state index contributed by atoms with van der Waals surface area (Å²) in [6.07, 6.45) is -3.07. The van der Waals surface area contributed by atoms with Crippen LogP contribution in [0.1, 0.15) is 5.69 Å². The number of alkyl halides is 3. The molecule has 2 heterocycles. The lowest BCUT2D eigenvalue weighted by Crippen LogP contribution is -2.20. The zero-order valence-electron chi connectivity index (χ0n) is 16.5. The molecule has 3 aromatic carbocycles. The van der Waals surface area contributed by atoms with Gasteiger partial charge in [-0.15, -0.1) is 0 Å². The number of methoxy groups -OCH3 is 1. The molecule has 0 saturated heterocycles. The predicted molar refractivity (Wildman–Crippen MR) is 115 cm³/mol. The Labute approximate surface area is 175 Å². The van der Waals surface area contributed by atoms with E-state index in [1.54, 1.807) is 37.4 Å². The zero-order chi connectivity index (χ0) is 21.6. The van der Waals surface area contributed by atoms with Crippen molar-refractivity contribution in [2.24, 2.45) is 4.99 Å². The number of H-pyrrole nitrogens is 1. The molecular formula is C25H17F3N2O. The molecule has 0 bridgehead atoms. The molecule has 0 spiro atoms. The summed E-state index contributed by atoms with van der Waals surface area (Å²) in [4.78, 5) is 7.23. The molecule has 1 aliphatic rings. The molecule has 6 heteroatoms. The number of rotatable bonds is 3. The number of ether oxygens (including phenoxy) is 1. The minimum Gasteiger partial charge on any atom is -0.497 e. The highest BCUT2D eigenvalue weighted by molar-refractivity contribution is 5.85. The number of hydrogen-bond acceptors (Lipinski definition) is 2. The number of nitrogens with zero attached hydrogens (tertiary/aromatic N) is 1. The molecule has 154 valence electrons. The molecule has 1 N–H and O–H groups in total. The van der Waals surface area contributed by atoms with E-state index in [1.807, 2.05) is 36.4 Å². The molecular weight excluding hydrogens is 401 g/mol. The van der Waals surface area contributed by atoms with Crippen LogP contribution in [-0.2, 0) is 0 Å². The standard InChI is InChI=1S/C25H17F3N2O/c1-31-19-8-6-15(7-9-19)20-10-11-21(29-20)24(25(26,27)28)23-14-18-12-16-4-2-3-5-17(16)13-22(18)30-23/h2-14,29H,1H3. The molecule has 4 aromatic rings. The topological polar surface area (TPSA) is 37.4 Å². The van der Waals surface area contributed by atoms with Gasteiger partial charge >= 0.3 is 6.18 Å². The van der Waals surface area contributed by atoms with Crippen molar-refractivity contribution in [1.29, 1.82) is 0 Å². The highest BCUT2D eigenvalue weighted by Gasteiger charge is 2.38. The van der Waals surface area contributed by atoms with Crippen molar-refractivity contribution in [2.75, 3.05) is 7.11 Å². The largest absolute Gasteiger partial charge is 0.497 e. The van der Waals surface area contributed by atoms with Gasteiger partial charge in [0.1, 0.15) is 11.3 Å². The molecule has 0 amide bonds. The third-order valence-corrected chi connectivity index (χ3v) is 5.32. The second kappa shape index (κ2) is 7.16. The quantitative estimate of drug-likeness (QED) is 0.486. The minimum absolute atomic E-state index is 0.0225. The maximum atomic E-state index is 14.1. The van der Waals surface area contributed by atoms with E-state index in [9.17, 15) is 13.2 Å². The first-order valence-electron chi connectivity index (χ1n) is 9.67. The van der Waals surface area contributed by atoms with Crippen LogP contribution >= 0.6 is 0 Å². The van der Waals surface area contributed by atoms with Gasteiger partial charge in [-0.25, -0.2) is 4.99 Å². The summed E-state index contributed by atoms with van der Waals surface area (Å²) in [5.74, 6) is 0.679. The summed E-state index contributed by atoms with van der Waals surface area (Å²) in [7, 11) is 1.56. The van der Waals surface area contributed by atoms with E-state index in [-0.39, 0.29) is 11.4 Å². The Balaban J connectivity index is 1.64. The van der Waals surface area contributed by atoms with Crippen LogP contribution in [0.5, 0.6) is 5.75 Å². The van der Waals surface area contributed by atoms with Crippen LogP contribution in [-0.4, -0.2) is 18.3 Å². The fourth-order valence-electron chi connectivity index (χ4n) is 3.81. The van der Waals surface area contributed by atoms with Crippen molar-refractivity contribution in [3.05, 3.63) is 94.8 Å². The van der Waals surface area contributed by atoms with E-state index < -0.39 is 11.7 Å². The van der Waals surface area contributed by atoms with Crippen LogP contribution in [0.4, 0.5) is 13.2 Å². The molecule has 0 radical (unpaired) electrons. The van der Waals surface area contributed by atoms with Crippen LogP contribution in [0, 0.1) is 0 Å². The number of allylic oxidation sites excluding steroid dienone is 2. The lowest BCUT2D eigenvalue weighted by molar-refractivity contribution is -0.0694. The van der Waals surface area contributed by atoms with Crippen molar-refractivity contribution >= 4 is 22.4 Å². The van der Waals surface area contributed by atoms with Crippen molar-refractivity contribution in [1.82, 2.24) is 4.98 Å². The minimum atomic E-state index is -4.57. The van der Waals surface area contributed by atoms with Gasteiger partial charge in [0.2, 0.25) is 0 Å². The van der Waals surface area contributed by atoms with Gasteiger partial charge < -0.3 is 9.72 Å². The van der Waals surface area contributed by atoms with Gasteiger partial charge in [-0.2, -0.15) is 13.2 Å². The molecule has 0 unspecified atom stereocenters. The Kier molecular flexibility index (Phi) is 4.43. The molecule has 3 nitrogen and oxygen atoms in total. The lowest BCUT2D eigenvalue weighted by atomic mass is 10.1. The monoisotopic (exact) mass is 418 g/mol. The van der Waals surface area contributed by atoms with Gasteiger partial charge in [-0.05, 0) is 70.9 Å². The number of aromatic amines is 1. The summed E-state index contributed by atoms with van der Waals surface area (Å²) >= 11 is 0. The second-order valence-electron chi connectivity index (χ2n) is 7.29. The fourth-order valence-corrected chi connectivity index (χ4v) is 3.81. The van der Waals surface area contributed by atoms with E-state index in [2.05, 4.69) is 9.98 Å². The van der Waals surface area contributed by atoms with E-state index in [0.717, 1.165) is 16.3 Å². The molecule has 0 atom stereocenters. The summed E-state index contributed by atoms with van der Waals surface area (Å²) in [5.41, 5.74) is 0.445. The highest BCUT2D eigenvalue weighted by atomic mass is 19.4. The van der Waals surface area contributed by atoms with Crippen molar-refractivity contribution in [3.63, 3.8) is 0 Å². The molecule has 31 heavy (non-hydrogen) atoms. The average Bonchev–Trinajstić information content (AvgIpc) is 3.38. The SMILES string of the molecule is COc1ccc(-c2ccc(C(=C3C=c4cc5ccccc5cc4=N3)C(F)(F)F)[nH]2)cc1. The number of fused-ring (bicyclic) bond motifs is 2. The van der Waals surface area contributed by atoms with Crippen LogP contribution in [0.3, 0.4) is 0 Å². The number of halogens is 3. The number of hydrogen-bond donors (Lipinski definition) is 1. The Bertz CT molecular complexity index is 1390. The summed E-state index contributed by atoms with van der Waals surface area (Å²) in [6.45, 7) is 0. The predicted octanol–water partition coefficient (Wildman–Crippen LogP) is 5.23. The zero-order valence-corrected chi connectivity index (χ0v) is 16.5. The van der Waals surface area contributed by atoms with E-state index >= 15 is 0 Å². The van der Waals surface area contributed by atoms with Crippen molar-refractivity contribution in [2.45, 2.75) is 6.18 Å². The average molecular weight is 418 g/mol. The first kappa shape index (κ1) is 19.2. The summed E-state index contributed by atoms with van der Waals surface area (Å²) in [5, 5.41) is 3.12. The normalized spacial score (nSPS) is 14.7. The first-order chi connectivity index (χ1) is 14.9. The number of aromatic nitrogens is 1. The second-order valence-corrected chi connectivity index (χ2v) is 7.29. The molecule has 0 aliphatic carbocycles. The molecule has 1 aliphatic heterocycles. The van der Waals surface area contributed by atoms with Gasteiger partial charge in [0, 0.05) is 10.9 Å². The molecule has 0 fully saturated rings. The van der Waals surface area contributed by atoms with E-state index in [1.165, 1.54) is 12.1 Å². The first-order valence-corrected chi connectivity index (χ1v) is 9.67. The summed E-state index contributed by atoms with van der Waals surface area (Å²) in [6, 6.07) is 21.5.